The first-order valence-corrected chi connectivity index (χ1v) is 16.2. The molecule has 7 aromatic rings. The summed E-state index contributed by atoms with van der Waals surface area (Å²) in [6.45, 7) is 0. The maximum Gasteiger partial charge on any atom is 0.0724 e. The van der Waals surface area contributed by atoms with Crippen molar-refractivity contribution >= 4 is 28.8 Å². The zero-order valence-corrected chi connectivity index (χ0v) is 25.6. The standard InChI is InChI=1S/C43H31NS/c1-5-16-32(17-6-1)33-28-30-37(31-29-33)44(36-22-11-4-12-23-36)40-26-15-25-39-42(40)45-41-27-14-13-24-38(41)43(39,34-18-7-2-8-19-34)35-20-9-3-10-21-35/h1-31H. The fourth-order valence-electron chi connectivity index (χ4n) is 6.83. The van der Waals surface area contributed by atoms with Gasteiger partial charge >= 0.3 is 0 Å². The zero-order valence-electron chi connectivity index (χ0n) is 24.8. The SMILES string of the molecule is c1ccc(-c2ccc(N(c3ccccc3)c3cccc4c3Sc3ccccc3C4(c3ccccc3)c3ccccc3)cc2)cc1. The fraction of sp³-hybridized carbons (Fsp3) is 0.0233. The summed E-state index contributed by atoms with van der Waals surface area (Å²) in [6.07, 6.45) is 0. The quantitative estimate of drug-likeness (QED) is 0.189. The van der Waals surface area contributed by atoms with Crippen LogP contribution < -0.4 is 4.90 Å². The normalized spacial score (nSPS) is 13.0. The van der Waals surface area contributed by atoms with E-state index < -0.39 is 5.41 Å². The third-order valence-corrected chi connectivity index (χ3v) is 10.0. The topological polar surface area (TPSA) is 3.24 Å². The highest BCUT2D eigenvalue weighted by atomic mass is 32.2. The number of anilines is 3. The van der Waals surface area contributed by atoms with Crippen molar-refractivity contribution < 1.29 is 0 Å². The number of benzene rings is 7. The Bertz CT molecular complexity index is 2020. The van der Waals surface area contributed by atoms with Crippen LogP contribution in [0.4, 0.5) is 17.1 Å². The predicted molar refractivity (Wildman–Crippen MR) is 189 cm³/mol. The zero-order chi connectivity index (χ0) is 30.1. The number of para-hydroxylation sites is 1. The number of nitrogens with zero attached hydrogens (tertiary/aromatic N) is 1. The first-order valence-electron chi connectivity index (χ1n) is 15.4. The molecule has 0 fully saturated rings. The predicted octanol–water partition coefficient (Wildman–Crippen LogP) is 11.7. The van der Waals surface area contributed by atoms with Crippen LogP contribution in [0.25, 0.3) is 11.1 Å². The molecule has 0 aliphatic carbocycles. The molecule has 0 saturated carbocycles. The molecule has 0 radical (unpaired) electrons. The molecule has 0 unspecified atom stereocenters. The Morgan fingerprint density at radius 1 is 0.378 bits per heavy atom. The summed E-state index contributed by atoms with van der Waals surface area (Å²) >= 11 is 1.88. The van der Waals surface area contributed by atoms with Crippen molar-refractivity contribution in [2.75, 3.05) is 4.90 Å². The summed E-state index contributed by atoms with van der Waals surface area (Å²) in [5, 5.41) is 0. The van der Waals surface area contributed by atoms with E-state index >= 15 is 0 Å². The average Bonchev–Trinajstić information content (AvgIpc) is 3.13. The van der Waals surface area contributed by atoms with Crippen molar-refractivity contribution in [2.24, 2.45) is 0 Å². The Labute approximate surface area is 269 Å². The van der Waals surface area contributed by atoms with Gasteiger partial charge in [0.25, 0.3) is 0 Å². The van der Waals surface area contributed by atoms with E-state index in [1.807, 2.05) is 11.8 Å². The molecule has 7 aromatic carbocycles. The Kier molecular flexibility index (Phi) is 7.05. The second-order valence-electron chi connectivity index (χ2n) is 11.3. The maximum atomic E-state index is 2.41. The molecular formula is C43H31NS. The summed E-state index contributed by atoms with van der Waals surface area (Å²) in [5.74, 6) is 0. The minimum absolute atomic E-state index is 0.477. The van der Waals surface area contributed by atoms with E-state index in [4.69, 9.17) is 0 Å². The minimum Gasteiger partial charge on any atom is -0.309 e. The molecule has 0 amide bonds. The maximum absolute atomic E-state index is 2.41. The van der Waals surface area contributed by atoms with Crippen LogP contribution in [-0.4, -0.2) is 0 Å². The lowest BCUT2D eigenvalue weighted by Crippen LogP contribution is -2.34. The van der Waals surface area contributed by atoms with Crippen molar-refractivity contribution in [3.63, 3.8) is 0 Å². The molecule has 1 aliphatic rings. The smallest absolute Gasteiger partial charge is 0.0724 e. The van der Waals surface area contributed by atoms with Crippen LogP contribution >= 0.6 is 11.8 Å². The summed E-state index contributed by atoms with van der Waals surface area (Å²) in [5.41, 5.74) is 10.5. The van der Waals surface area contributed by atoms with E-state index in [9.17, 15) is 0 Å². The average molecular weight is 594 g/mol. The van der Waals surface area contributed by atoms with Gasteiger partial charge in [-0.1, -0.05) is 163 Å². The Hall–Kier alpha value is -5.31. The molecule has 0 bridgehead atoms. The van der Waals surface area contributed by atoms with E-state index in [0.717, 1.165) is 11.4 Å². The second-order valence-corrected chi connectivity index (χ2v) is 12.4. The third-order valence-electron chi connectivity index (χ3n) is 8.80. The number of rotatable bonds is 6. The Morgan fingerprint density at radius 2 is 0.867 bits per heavy atom. The van der Waals surface area contributed by atoms with E-state index in [0.29, 0.717) is 0 Å². The van der Waals surface area contributed by atoms with Crippen molar-refractivity contribution in [3.05, 3.63) is 210 Å². The highest BCUT2D eigenvalue weighted by molar-refractivity contribution is 7.99. The van der Waals surface area contributed by atoms with Gasteiger partial charge in [-0.15, -0.1) is 0 Å². The molecule has 0 aromatic heterocycles. The van der Waals surface area contributed by atoms with E-state index in [1.165, 1.54) is 48.9 Å². The van der Waals surface area contributed by atoms with Crippen LogP contribution in [0, 0.1) is 0 Å². The van der Waals surface area contributed by atoms with Gasteiger partial charge in [0.15, 0.2) is 0 Å². The second kappa shape index (κ2) is 11.6. The van der Waals surface area contributed by atoms with E-state index in [2.05, 4.69) is 193 Å². The number of hydrogen-bond acceptors (Lipinski definition) is 2. The molecule has 45 heavy (non-hydrogen) atoms. The van der Waals surface area contributed by atoms with Gasteiger partial charge in [0.2, 0.25) is 0 Å². The van der Waals surface area contributed by atoms with Crippen molar-refractivity contribution in [2.45, 2.75) is 15.2 Å². The molecule has 1 nitrogen and oxygen atoms in total. The number of hydrogen-bond donors (Lipinski definition) is 0. The van der Waals surface area contributed by atoms with Crippen LogP contribution in [-0.2, 0) is 5.41 Å². The van der Waals surface area contributed by atoms with Gasteiger partial charge < -0.3 is 4.90 Å². The third kappa shape index (κ3) is 4.66. The first kappa shape index (κ1) is 27.3. The fourth-order valence-corrected chi connectivity index (χ4v) is 8.12. The van der Waals surface area contributed by atoms with Gasteiger partial charge in [0.05, 0.1) is 11.1 Å². The monoisotopic (exact) mass is 593 g/mol. The van der Waals surface area contributed by atoms with E-state index in [-0.39, 0.29) is 0 Å². The van der Waals surface area contributed by atoms with Gasteiger partial charge in [-0.3, -0.25) is 0 Å². The largest absolute Gasteiger partial charge is 0.309 e. The van der Waals surface area contributed by atoms with Gasteiger partial charge in [0, 0.05) is 21.2 Å². The lowest BCUT2D eigenvalue weighted by molar-refractivity contribution is 0.703. The molecule has 0 saturated heterocycles. The lowest BCUT2D eigenvalue weighted by Gasteiger charge is -2.43. The minimum atomic E-state index is -0.477. The van der Waals surface area contributed by atoms with Gasteiger partial charge in [-0.2, -0.15) is 0 Å². The van der Waals surface area contributed by atoms with Crippen LogP contribution in [0.5, 0.6) is 0 Å². The summed E-state index contributed by atoms with van der Waals surface area (Å²) < 4.78 is 0. The summed E-state index contributed by atoms with van der Waals surface area (Å²) in [6, 6.07) is 68.1. The van der Waals surface area contributed by atoms with Gasteiger partial charge in [0.1, 0.15) is 0 Å². The summed E-state index contributed by atoms with van der Waals surface area (Å²) in [4.78, 5) is 4.95. The van der Waals surface area contributed by atoms with Gasteiger partial charge in [-0.05, 0) is 69.8 Å². The molecule has 0 atom stereocenters. The van der Waals surface area contributed by atoms with E-state index in [1.54, 1.807) is 0 Å². The number of fused-ring (bicyclic) bond motifs is 2. The van der Waals surface area contributed by atoms with Crippen molar-refractivity contribution in [1.29, 1.82) is 0 Å². The highest BCUT2D eigenvalue weighted by Crippen LogP contribution is 2.58. The molecule has 8 rings (SSSR count). The first-order chi connectivity index (χ1) is 22.3. The molecule has 1 aliphatic heterocycles. The van der Waals surface area contributed by atoms with Crippen LogP contribution in [0.2, 0.25) is 0 Å². The van der Waals surface area contributed by atoms with Crippen LogP contribution in [0.1, 0.15) is 22.3 Å². The van der Waals surface area contributed by atoms with Crippen molar-refractivity contribution in [1.82, 2.24) is 0 Å². The highest BCUT2D eigenvalue weighted by Gasteiger charge is 2.45. The van der Waals surface area contributed by atoms with Crippen LogP contribution in [0.15, 0.2) is 198 Å². The Morgan fingerprint density at radius 3 is 1.51 bits per heavy atom. The van der Waals surface area contributed by atoms with Crippen LogP contribution in [0.3, 0.4) is 0 Å². The molecule has 0 N–H and O–H groups in total. The van der Waals surface area contributed by atoms with Crippen molar-refractivity contribution in [3.8, 4) is 11.1 Å². The Balaban J connectivity index is 1.39. The molecule has 0 spiro atoms. The molecular weight excluding hydrogens is 563 g/mol. The molecule has 2 heteroatoms. The van der Waals surface area contributed by atoms with Gasteiger partial charge in [-0.25, -0.2) is 0 Å². The molecule has 1 heterocycles. The summed E-state index contributed by atoms with van der Waals surface area (Å²) in [7, 11) is 0. The lowest BCUT2D eigenvalue weighted by atomic mass is 9.64. The molecule has 214 valence electrons.